The summed E-state index contributed by atoms with van der Waals surface area (Å²) in [5, 5.41) is 0.697. The Hall–Kier alpha value is -0.710. The first-order valence-electron chi connectivity index (χ1n) is 6.29. The lowest BCUT2D eigenvalue weighted by atomic mass is 9.99. The Labute approximate surface area is 146 Å². The van der Waals surface area contributed by atoms with E-state index in [2.05, 4.69) is 38.8 Å². The molecular formula is C16H15Br2ClO2. The summed E-state index contributed by atoms with van der Waals surface area (Å²) in [6.45, 7) is 2.05. The van der Waals surface area contributed by atoms with Crippen LogP contribution in [0.25, 0.3) is 0 Å². The summed E-state index contributed by atoms with van der Waals surface area (Å²) in [6.07, 6.45) is 0. The molecule has 0 aromatic heterocycles. The van der Waals surface area contributed by atoms with Crippen molar-refractivity contribution in [3.05, 3.63) is 56.5 Å². The molecule has 0 radical (unpaired) electrons. The standard InChI is InChI=1S/C16H15Br2ClO2/c1-9-6-14(20-2)15(21-3)8-11(9)16(18)10-4-5-13(19)12(17)7-10/h4-8,16H,1-3H3. The largest absolute Gasteiger partial charge is 0.493 e. The highest BCUT2D eigenvalue weighted by molar-refractivity contribution is 9.10. The number of hydrogen-bond acceptors (Lipinski definition) is 2. The molecule has 2 aromatic carbocycles. The molecule has 0 aliphatic rings. The number of benzene rings is 2. The molecule has 21 heavy (non-hydrogen) atoms. The summed E-state index contributed by atoms with van der Waals surface area (Å²) in [5.41, 5.74) is 3.36. The van der Waals surface area contributed by atoms with E-state index < -0.39 is 0 Å². The maximum Gasteiger partial charge on any atom is 0.161 e. The first kappa shape index (κ1) is 16.7. The van der Waals surface area contributed by atoms with Gasteiger partial charge >= 0.3 is 0 Å². The second kappa shape index (κ2) is 7.03. The molecule has 112 valence electrons. The van der Waals surface area contributed by atoms with Crippen LogP contribution in [0.1, 0.15) is 21.5 Å². The van der Waals surface area contributed by atoms with Gasteiger partial charge in [0.15, 0.2) is 11.5 Å². The molecule has 2 nitrogen and oxygen atoms in total. The molecule has 1 atom stereocenters. The van der Waals surface area contributed by atoms with Crippen molar-refractivity contribution in [2.75, 3.05) is 14.2 Å². The van der Waals surface area contributed by atoms with Gasteiger partial charge in [0.05, 0.1) is 24.1 Å². The second-order valence-electron chi connectivity index (χ2n) is 4.60. The Balaban J connectivity index is 2.47. The molecule has 1 unspecified atom stereocenters. The van der Waals surface area contributed by atoms with Crippen molar-refractivity contribution < 1.29 is 9.47 Å². The average molecular weight is 435 g/mol. The van der Waals surface area contributed by atoms with Crippen molar-refractivity contribution in [2.45, 2.75) is 11.8 Å². The van der Waals surface area contributed by atoms with Gasteiger partial charge in [0, 0.05) is 4.47 Å². The Bertz CT molecular complexity index is 659. The van der Waals surface area contributed by atoms with Crippen molar-refractivity contribution in [1.29, 1.82) is 0 Å². The van der Waals surface area contributed by atoms with E-state index in [1.165, 1.54) is 0 Å². The van der Waals surface area contributed by atoms with Crippen LogP contribution in [0.5, 0.6) is 11.5 Å². The minimum atomic E-state index is 0.0471. The quantitative estimate of drug-likeness (QED) is 0.557. The van der Waals surface area contributed by atoms with Gasteiger partial charge < -0.3 is 9.47 Å². The molecular weight excluding hydrogens is 419 g/mol. The van der Waals surface area contributed by atoms with Crippen molar-refractivity contribution in [2.24, 2.45) is 0 Å². The van der Waals surface area contributed by atoms with Crippen LogP contribution < -0.4 is 9.47 Å². The Morgan fingerprint density at radius 2 is 1.67 bits per heavy atom. The number of ether oxygens (including phenoxy) is 2. The smallest absolute Gasteiger partial charge is 0.161 e. The molecule has 0 spiro atoms. The predicted octanol–water partition coefficient (Wildman–Crippen LogP) is 5.91. The second-order valence-corrected chi connectivity index (χ2v) is 6.78. The molecule has 0 heterocycles. The van der Waals surface area contributed by atoms with Gasteiger partial charge in [0.25, 0.3) is 0 Å². The summed E-state index contributed by atoms with van der Waals surface area (Å²) < 4.78 is 11.6. The minimum absolute atomic E-state index is 0.0471. The molecule has 0 N–H and O–H groups in total. The van der Waals surface area contributed by atoms with Gasteiger partial charge in [-0.25, -0.2) is 0 Å². The number of hydrogen-bond donors (Lipinski definition) is 0. The van der Waals surface area contributed by atoms with E-state index in [1.54, 1.807) is 14.2 Å². The lowest BCUT2D eigenvalue weighted by Gasteiger charge is -2.17. The van der Waals surface area contributed by atoms with E-state index in [0.717, 1.165) is 32.7 Å². The Kier molecular flexibility index (Phi) is 5.58. The summed E-state index contributed by atoms with van der Waals surface area (Å²) >= 11 is 13.3. The van der Waals surface area contributed by atoms with Crippen LogP contribution in [-0.2, 0) is 0 Å². The number of rotatable bonds is 4. The maximum atomic E-state index is 6.05. The highest BCUT2D eigenvalue weighted by Gasteiger charge is 2.17. The summed E-state index contributed by atoms with van der Waals surface area (Å²) in [7, 11) is 3.28. The fraction of sp³-hybridized carbons (Fsp3) is 0.250. The molecule has 0 aliphatic heterocycles. The highest BCUT2D eigenvalue weighted by Crippen LogP contribution is 2.40. The number of methoxy groups -OCH3 is 2. The van der Waals surface area contributed by atoms with Crippen LogP contribution >= 0.6 is 43.5 Å². The minimum Gasteiger partial charge on any atom is -0.493 e. The van der Waals surface area contributed by atoms with Gasteiger partial charge in [-0.15, -0.1) is 0 Å². The fourth-order valence-corrected chi connectivity index (χ4v) is 3.41. The third-order valence-electron chi connectivity index (χ3n) is 3.28. The zero-order chi connectivity index (χ0) is 15.6. The predicted molar refractivity (Wildman–Crippen MR) is 94.2 cm³/mol. The summed E-state index contributed by atoms with van der Waals surface area (Å²) in [4.78, 5) is 0.0471. The first-order valence-corrected chi connectivity index (χ1v) is 8.38. The van der Waals surface area contributed by atoms with Crippen LogP contribution in [0.15, 0.2) is 34.8 Å². The van der Waals surface area contributed by atoms with E-state index in [4.69, 9.17) is 21.1 Å². The third-order valence-corrected chi connectivity index (χ3v) is 5.52. The van der Waals surface area contributed by atoms with Crippen LogP contribution in [0.4, 0.5) is 0 Å². The van der Waals surface area contributed by atoms with Crippen molar-refractivity contribution in [3.63, 3.8) is 0 Å². The Morgan fingerprint density at radius 3 is 2.24 bits per heavy atom. The molecule has 0 fully saturated rings. The van der Waals surface area contributed by atoms with Gasteiger partial charge in [-0.1, -0.05) is 33.6 Å². The van der Waals surface area contributed by atoms with Gasteiger partial charge in [-0.2, -0.15) is 0 Å². The SMILES string of the molecule is COc1cc(C)c(C(Br)c2ccc(Cl)c(Br)c2)cc1OC. The fourth-order valence-electron chi connectivity index (χ4n) is 2.12. The van der Waals surface area contributed by atoms with Crippen LogP contribution in [0, 0.1) is 6.92 Å². The van der Waals surface area contributed by atoms with E-state index in [-0.39, 0.29) is 4.83 Å². The molecule has 2 rings (SSSR count). The van der Waals surface area contributed by atoms with E-state index >= 15 is 0 Å². The third kappa shape index (κ3) is 3.55. The van der Waals surface area contributed by atoms with Crippen molar-refractivity contribution in [3.8, 4) is 11.5 Å². The van der Waals surface area contributed by atoms with Crippen molar-refractivity contribution in [1.82, 2.24) is 0 Å². The molecule has 5 heteroatoms. The first-order chi connectivity index (χ1) is 9.97. The molecule has 0 saturated heterocycles. The monoisotopic (exact) mass is 432 g/mol. The topological polar surface area (TPSA) is 18.5 Å². The number of halogens is 3. The van der Waals surface area contributed by atoms with Gasteiger partial charge in [-0.05, 0) is 63.8 Å². The molecule has 0 amide bonds. The molecule has 0 bridgehead atoms. The van der Waals surface area contributed by atoms with Gasteiger partial charge in [0.2, 0.25) is 0 Å². The molecule has 2 aromatic rings. The zero-order valence-electron chi connectivity index (χ0n) is 11.9. The highest BCUT2D eigenvalue weighted by atomic mass is 79.9. The van der Waals surface area contributed by atoms with Gasteiger partial charge in [-0.3, -0.25) is 0 Å². The average Bonchev–Trinajstić information content (AvgIpc) is 2.49. The lowest BCUT2D eigenvalue weighted by Crippen LogP contribution is -1.99. The maximum absolute atomic E-state index is 6.05. The zero-order valence-corrected chi connectivity index (χ0v) is 15.8. The lowest BCUT2D eigenvalue weighted by molar-refractivity contribution is 0.354. The van der Waals surface area contributed by atoms with E-state index in [9.17, 15) is 0 Å². The van der Waals surface area contributed by atoms with Crippen molar-refractivity contribution >= 4 is 43.5 Å². The van der Waals surface area contributed by atoms with Crippen LogP contribution in [0.3, 0.4) is 0 Å². The number of aryl methyl sites for hydroxylation is 1. The van der Waals surface area contributed by atoms with Crippen LogP contribution in [0.2, 0.25) is 5.02 Å². The van der Waals surface area contributed by atoms with E-state index in [0.29, 0.717) is 5.02 Å². The van der Waals surface area contributed by atoms with Gasteiger partial charge in [0.1, 0.15) is 0 Å². The van der Waals surface area contributed by atoms with Crippen LogP contribution in [-0.4, -0.2) is 14.2 Å². The number of alkyl halides is 1. The molecule has 0 saturated carbocycles. The Morgan fingerprint density at radius 1 is 1.05 bits per heavy atom. The summed E-state index contributed by atoms with van der Waals surface area (Å²) in [6, 6.07) is 9.87. The van der Waals surface area contributed by atoms with E-state index in [1.807, 2.05) is 30.3 Å². The normalized spacial score (nSPS) is 12.1. The summed E-state index contributed by atoms with van der Waals surface area (Å²) in [5.74, 6) is 1.45. The molecule has 0 aliphatic carbocycles.